The Bertz CT molecular complexity index is 943. The van der Waals surface area contributed by atoms with Crippen LogP contribution >= 0.6 is 15.9 Å². The van der Waals surface area contributed by atoms with E-state index < -0.39 is 0 Å². The molecule has 0 saturated heterocycles. The Labute approximate surface area is 148 Å². The van der Waals surface area contributed by atoms with Gasteiger partial charge in [0.25, 0.3) is 0 Å². The van der Waals surface area contributed by atoms with Crippen LogP contribution in [-0.4, -0.2) is 22.2 Å². The topological polar surface area (TPSA) is 51.5 Å². The van der Waals surface area contributed by atoms with Gasteiger partial charge in [-0.3, -0.25) is 0 Å². The molecule has 0 fully saturated rings. The number of aromatic hydroxyl groups is 1. The number of aryl methyl sites for hydroxylation is 1. The summed E-state index contributed by atoms with van der Waals surface area (Å²) >= 11 is 3.36. The molecule has 0 saturated carbocycles. The predicted molar refractivity (Wildman–Crippen MR) is 98.1 cm³/mol. The van der Waals surface area contributed by atoms with Gasteiger partial charge in [-0.1, -0.05) is 18.2 Å². The lowest BCUT2D eigenvalue weighted by Crippen LogP contribution is -2.07. The van der Waals surface area contributed by atoms with E-state index in [0.717, 1.165) is 22.5 Å². The molecule has 3 rings (SSSR count). The van der Waals surface area contributed by atoms with Crippen molar-refractivity contribution < 1.29 is 14.6 Å². The third-order valence-corrected chi connectivity index (χ3v) is 4.74. The summed E-state index contributed by atoms with van der Waals surface area (Å²) in [6, 6.07) is 11.4. The maximum absolute atomic E-state index is 12.5. The zero-order chi connectivity index (χ0) is 17.4. The Morgan fingerprint density at radius 1 is 1.25 bits per heavy atom. The molecule has 0 radical (unpaired) electrons. The number of fused-ring (bicyclic) bond motifs is 1. The van der Waals surface area contributed by atoms with Crippen LogP contribution < -0.4 is 0 Å². The number of halogens is 1. The summed E-state index contributed by atoms with van der Waals surface area (Å²) in [4.78, 5) is 12.5. The Balaban J connectivity index is 2.42. The minimum Gasteiger partial charge on any atom is -0.507 e. The van der Waals surface area contributed by atoms with E-state index in [-0.39, 0.29) is 11.7 Å². The van der Waals surface area contributed by atoms with Crippen LogP contribution in [-0.2, 0) is 4.74 Å². The van der Waals surface area contributed by atoms with E-state index in [0.29, 0.717) is 22.0 Å². The molecule has 1 heterocycles. The van der Waals surface area contributed by atoms with Crippen LogP contribution in [0.2, 0.25) is 0 Å². The van der Waals surface area contributed by atoms with Gasteiger partial charge in [-0.25, -0.2) is 4.79 Å². The lowest BCUT2D eigenvalue weighted by Gasteiger charge is -2.12. The Kier molecular flexibility index (Phi) is 4.37. The smallest absolute Gasteiger partial charge is 0.340 e. The van der Waals surface area contributed by atoms with Gasteiger partial charge in [-0.15, -0.1) is 0 Å². The van der Waals surface area contributed by atoms with Crippen LogP contribution in [0.15, 0.2) is 40.9 Å². The number of phenolic OH excluding ortho intramolecular Hbond substituents is 1. The van der Waals surface area contributed by atoms with Gasteiger partial charge >= 0.3 is 5.97 Å². The van der Waals surface area contributed by atoms with Crippen LogP contribution in [0.3, 0.4) is 0 Å². The fourth-order valence-corrected chi connectivity index (χ4v) is 3.34. The van der Waals surface area contributed by atoms with Crippen molar-refractivity contribution in [2.75, 3.05) is 6.61 Å². The molecule has 4 nitrogen and oxygen atoms in total. The number of aromatic nitrogens is 1. The van der Waals surface area contributed by atoms with Gasteiger partial charge in [0.05, 0.1) is 22.2 Å². The molecular formula is C19H18BrNO3. The Morgan fingerprint density at radius 2 is 1.96 bits per heavy atom. The monoisotopic (exact) mass is 387 g/mol. The number of carbonyl (C=O) groups is 1. The molecular weight excluding hydrogens is 370 g/mol. The minimum atomic E-state index is -0.381. The van der Waals surface area contributed by atoms with Crippen molar-refractivity contribution in [2.45, 2.75) is 20.8 Å². The molecule has 0 amide bonds. The van der Waals surface area contributed by atoms with Gasteiger partial charge in [0.2, 0.25) is 0 Å². The van der Waals surface area contributed by atoms with Crippen molar-refractivity contribution in [2.24, 2.45) is 0 Å². The summed E-state index contributed by atoms with van der Waals surface area (Å²) < 4.78 is 7.83. The van der Waals surface area contributed by atoms with Crippen molar-refractivity contribution in [3.05, 3.63) is 57.7 Å². The first-order valence-electron chi connectivity index (χ1n) is 7.72. The third kappa shape index (κ3) is 2.59. The van der Waals surface area contributed by atoms with Crippen molar-refractivity contribution in [3.8, 4) is 11.4 Å². The molecule has 3 aromatic rings. The van der Waals surface area contributed by atoms with Crippen molar-refractivity contribution in [1.82, 2.24) is 4.57 Å². The fourth-order valence-electron chi connectivity index (χ4n) is 3.01. The molecule has 0 aliphatic rings. The predicted octanol–water partition coefficient (Wildman–Crippen LogP) is 4.89. The number of nitrogens with zero attached hydrogens (tertiary/aromatic N) is 1. The second-order valence-corrected chi connectivity index (χ2v) is 6.48. The van der Waals surface area contributed by atoms with Crippen LogP contribution in [0.1, 0.15) is 28.5 Å². The Hall–Kier alpha value is -2.27. The molecule has 2 aromatic carbocycles. The van der Waals surface area contributed by atoms with Gasteiger partial charge in [0.15, 0.2) is 0 Å². The molecule has 5 heteroatoms. The van der Waals surface area contributed by atoms with Crippen LogP contribution in [0.4, 0.5) is 0 Å². The van der Waals surface area contributed by atoms with Crippen molar-refractivity contribution in [3.63, 3.8) is 0 Å². The van der Waals surface area contributed by atoms with Crippen LogP contribution in [0, 0.1) is 13.8 Å². The first-order valence-corrected chi connectivity index (χ1v) is 8.51. The zero-order valence-corrected chi connectivity index (χ0v) is 15.3. The van der Waals surface area contributed by atoms with Gasteiger partial charge in [-0.05, 0) is 60.5 Å². The zero-order valence-electron chi connectivity index (χ0n) is 13.8. The van der Waals surface area contributed by atoms with Crippen molar-refractivity contribution in [1.29, 1.82) is 0 Å². The van der Waals surface area contributed by atoms with E-state index in [4.69, 9.17) is 4.74 Å². The molecule has 1 N–H and O–H groups in total. The summed E-state index contributed by atoms with van der Waals surface area (Å²) in [5.41, 5.74) is 4.20. The second kappa shape index (κ2) is 6.32. The van der Waals surface area contributed by atoms with Crippen LogP contribution in [0.25, 0.3) is 16.6 Å². The molecule has 0 aliphatic heterocycles. The maximum atomic E-state index is 12.5. The average Bonchev–Trinajstić information content (AvgIpc) is 2.80. The molecule has 1 aromatic heterocycles. The van der Waals surface area contributed by atoms with Gasteiger partial charge in [0, 0.05) is 16.8 Å². The number of ether oxygens (including phenoxy) is 1. The number of benzene rings is 2. The third-order valence-electron chi connectivity index (χ3n) is 4.11. The number of para-hydroxylation sites is 1. The molecule has 124 valence electrons. The largest absolute Gasteiger partial charge is 0.507 e. The van der Waals surface area contributed by atoms with E-state index in [2.05, 4.69) is 15.9 Å². The lowest BCUT2D eigenvalue weighted by molar-refractivity contribution is 0.0527. The van der Waals surface area contributed by atoms with Crippen molar-refractivity contribution >= 4 is 32.8 Å². The summed E-state index contributed by atoms with van der Waals surface area (Å²) in [7, 11) is 0. The molecule has 0 aliphatic carbocycles. The number of esters is 1. The number of hydrogen-bond donors (Lipinski definition) is 1. The normalized spacial score (nSPS) is 11.0. The van der Waals surface area contributed by atoms with E-state index >= 15 is 0 Å². The first kappa shape index (κ1) is 16.6. The molecule has 0 atom stereocenters. The first-order chi connectivity index (χ1) is 11.5. The van der Waals surface area contributed by atoms with E-state index in [1.54, 1.807) is 13.0 Å². The molecule has 24 heavy (non-hydrogen) atoms. The van der Waals surface area contributed by atoms with E-state index in [1.807, 2.05) is 48.7 Å². The highest BCUT2D eigenvalue weighted by Crippen LogP contribution is 2.36. The maximum Gasteiger partial charge on any atom is 0.340 e. The van der Waals surface area contributed by atoms with Gasteiger partial charge in [0.1, 0.15) is 5.75 Å². The highest BCUT2D eigenvalue weighted by atomic mass is 79.9. The summed E-state index contributed by atoms with van der Waals surface area (Å²) in [6.07, 6.45) is 0. The highest BCUT2D eigenvalue weighted by molar-refractivity contribution is 9.10. The molecule has 0 bridgehead atoms. The summed E-state index contributed by atoms with van der Waals surface area (Å²) in [5, 5.41) is 10.7. The van der Waals surface area contributed by atoms with E-state index in [9.17, 15) is 9.90 Å². The SMILES string of the molecule is CCOC(=O)c1c(C)n(-c2ccccc2C)c2cc(Br)c(O)cc12. The number of carbonyl (C=O) groups excluding carboxylic acids is 1. The molecule has 0 unspecified atom stereocenters. The van der Waals surface area contributed by atoms with Gasteiger partial charge < -0.3 is 14.4 Å². The standard InChI is InChI=1S/C19H18BrNO3/c1-4-24-19(23)18-12(3)21(15-8-6-5-7-11(15)2)16-10-14(20)17(22)9-13(16)18/h5-10,22H,4H2,1-3H3. The highest BCUT2D eigenvalue weighted by Gasteiger charge is 2.23. The molecule has 0 spiro atoms. The quantitative estimate of drug-likeness (QED) is 0.650. The number of phenols is 1. The van der Waals surface area contributed by atoms with Gasteiger partial charge in [-0.2, -0.15) is 0 Å². The number of hydrogen-bond acceptors (Lipinski definition) is 3. The minimum absolute atomic E-state index is 0.0926. The lowest BCUT2D eigenvalue weighted by atomic mass is 10.1. The fraction of sp³-hybridized carbons (Fsp3) is 0.211. The van der Waals surface area contributed by atoms with Crippen LogP contribution in [0.5, 0.6) is 5.75 Å². The average molecular weight is 388 g/mol. The Morgan fingerprint density at radius 3 is 2.62 bits per heavy atom. The van der Waals surface area contributed by atoms with E-state index in [1.165, 1.54) is 0 Å². The summed E-state index contributed by atoms with van der Waals surface area (Å²) in [6.45, 7) is 6.00. The summed E-state index contributed by atoms with van der Waals surface area (Å²) in [5.74, 6) is -0.288. The second-order valence-electron chi connectivity index (χ2n) is 5.62. The number of rotatable bonds is 3.